The van der Waals surface area contributed by atoms with Crippen LogP contribution in [0.15, 0.2) is 65.8 Å². The second kappa shape index (κ2) is 7.72. The van der Waals surface area contributed by atoms with E-state index in [9.17, 15) is 8.42 Å². The number of hydrogen-bond acceptors (Lipinski definition) is 5. The first kappa shape index (κ1) is 18.2. The minimum Gasteiger partial charge on any atom is -0.470 e. The summed E-state index contributed by atoms with van der Waals surface area (Å²) in [5, 5.41) is 0.554. The fraction of sp³-hybridized carbons (Fsp3) is 0.111. The van der Waals surface area contributed by atoms with Gasteiger partial charge in [0.15, 0.2) is 0 Å². The summed E-state index contributed by atoms with van der Waals surface area (Å²) >= 11 is 6.10. The van der Waals surface area contributed by atoms with E-state index in [1.54, 1.807) is 18.2 Å². The molecule has 26 heavy (non-hydrogen) atoms. The highest BCUT2D eigenvalue weighted by molar-refractivity contribution is 7.92. The number of anilines is 1. The van der Waals surface area contributed by atoms with Crippen molar-refractivity contribution in [3.05, 3.63) is 77.1 Å². The first-order chi connectivity index (χ1) is 12.5. The molecule has 0 bridgehead atoms. The van der Waals surface area contributed by atoms with Crippen LogP contribution in [0.1, 0.15) is 11.1 Å². The maximum absolute atomic E-state index is 12.5. The first-order valence-electron chi connectivity index (χ1n) is 7.72. The molecule has 6 nitrogen and oxygen atoms in total. The van der Waals surface area contributed by atoms with E-state index in [4.69, 9.17) is 16.3 Å². The van der Waals surface area contributed by atoms with Gasteiger partial charge in [-0.15, -0.1) is 0 Å². The van der Waals surface area contributed by atoms with Gasteiger partial charge in [-0.25, -0.2) is 18.4 Å². The zero-order valence-electron chi connectivity index (χ0n) is 13.9. The molecule has 0 fully saturated rings. The van der Waals surface area contributed by atoms with Crippen LogP contribution < -0.4 is 9.46 Å². The number of aryl methyl sites for hydroxylation is 1. The van der Waals surface area contributed by atoms with Gasteiger partial charge in [0.2, 0.25) is 5.82 Å². The van der Waals surface area contributed by atoms with Crippen LogP contribution in [-0.2, 0) is 16.6 Å². The van der Waals surface area contributed by atoms with Crippen LogP contribution in [0.4, 0.5) is 5.82 Å². The van der Waals surface area contributed by atoms with Crippen molar-refractivity contribution in [2.45, 2.75) is 18.4 Å². The Morgan fingerprint density at radius 2 is 1.73 bits per heavy atom. The lowest BCUT2D eigenvalue weighted by molar-refractivity contribution is 0.294. The third kappa shape index (κ3) is 4.30. The van der Waals surface area contributed by atoms with Gasteiger partial charge in [-0.3, -0.25) is 4.72 Å². The lowest BCUT2D eigenvalue weighted by atomic mass is 10.2. The van der Waals surface area contributed by atoms with E-state index >= 15 is 0 Å². The molecule has 0 saturated carbocycles. The Morgan fingerprint density at radius 1 is 1.04 bits per heavy atom. The number of nitrogens with zero attached hydrogens (tertiary/aromatic N) is 2. The molecule has 1 aromatic heterocycles. The van der Waals surface area contributed by atoms with Crippen LogP contribution >= 0.6 is 11.6 Å². The molecule has 0 saturated heterocycles. The van der Waals surface area contributed by atoms with Crippen molar-refractivity contribution in [3.63, 3.8) is 0 Å². The zero-order valence-corrected chi connectivity index (χ0v) is 15.5. The van der Waals surface area contributed by atoms with Crippen LogP contribution in [0.5, 0.6) is 5.88 Å². The smallest absolute Gasteiger partial charge is 0.263 e. The van der Waals surface area contributed by atoms with Crippen LogP contribution in [0.2, 0.25) is 5.02 Å². The molecule has 0 unspecified atom stereocenters. The van der Waals surface area contributed by atoms with E-state index in [1.165, 1.54) is 24.5 Å². The third-order valence-electron chi connectivity index (χ3n) is 3.55. The first-order valence-corrected chi connectivity index (χ1v) is 9.58. The van der Waals surface area contributed by atoms with E-state index in [-0.39, 0.29) is 23.2 Å². The second-order valence-corrected chi connectivity index (χ2v) is 7.60. The molecule has 3 rings (SSSR count). The number of sulfonamides is 1. The Hall–Kier alpha value is -2.64. The Kier molecular flexibility index (Phi) is 5.39. The van der Waals surface area contributed by atoms with E-state index in [1.807, 2.05) is 25.1 Å². The van der Waals surface area contributed by atoms with Gasteiger partial charge in [-0.1, -0.05) is 47.5 Å². The molecule has 0 radical (unpaired) electrons. The van der Waals surface area contributed by atoms with E-state index < -0.39 is 10.0 Å². The fourth-order valence-corrected chi connectivity index (χ4v) is 3.36. The van der Waals surface area contributed by atoms with Gasteiger partial charge in [0.1, 0.15) is 6.61 Å². The number of benzene rings is 2. The molecule has 8 heteroatoms. The second-order valence-electron chi connectivity index (χ2n) is 5.51. The highest BCUT2D eigenvalue weighted by Crippen LogP contribution is 2.24. The number of rotatable bonds is 6. The van der Waals surface area contributed by atoms with E-state index in [2.05, 4.69) is 14.7 Å². The minimum atomic E-state index is -3.80. The summed E-state index contributed by atoms with van der Waals surface area (Å²) in [5.74, 6) is 0.0863. The predicted octanol–water partition coefficient (Wildman–Crippen LogP) is 3.82. The molecule has 0 aliphatic rings. The molecule has 1 heterocycles. The summed E-state index contributed by atoms with van der Waals surface area (Å²) in [4.78, 5) is 8.22. The standard InChI is InChI=1S/C18H16ClN3O3S/c1-13-6-8-15(9-7-13)26(23,24)22-17-18(21-11-10-20-17)25-12-14-4-2-3-5-16(14)19/h2-11H,12H2,1H3,(H,20,22). The van der Waals surface area contributed by atoms with Gasteiger partial charge in [-0.2, -0.15) is 0 Å². The van der Waals surface area contributed by atoms with Crippen molar-refractivity contribution in [1.29, 1.82) is 0 Å². The lowest BCUT2D eigenvalue weighted by Gasteiger charge is -2.12. The summed E-state index contributed by atoms with van der Waals surface area (Å²) in [5.41, 5.74) is 1.72. The van der Waals surface area contributed by atoms with Crippen molar-refractivity contribution >= 4 is 27.4 Å². The lowest BCUT2D eigenvalue weighted by Crippen LogP contribution is -2.15. The molecular formula is C18H16ClN3O3S. The Bertz CT molecular complexity index is 1010. The van der Waals surface area contributed by atoms with Crippen molar-refractivity contribution in [2.24, 2.45) is 0 Å². The third-order valence-corrected chi connectivity index (χ3v) is 5.27. The van der Waals surface area contributed by atoms with E-state index in [0.717, 1.165) is 11.1 Å². The quantitative estimate of drug-likeness (QED) is 0.693. The predicted molar refractivity (Wildman–Crippen MR) is 99.8 cm³/mol. The molecule has 0 aliphatic heterocycles. The number of ether oxygens (including phenoxy) is 1. The van der Waals surface area contributed by atoms with Crippen LogP contribution in [-0.4, -0.2) is 18.4 Å². The topological polar surface area (TPSA) is 81.2 Å². The molecule has 0 spiro atoms. The summed E-state index contributed by atoms with van der Waals surface area (Å²) in [6.07, 6.45) is 2.81. The van der Waals surface area contributed by atoms with Gasteiger partial charge < -0.3 is 4.74 Å². The molecule has 2 aromatic carbocycles. The molecule has 1 N–H and O–H groups in total. The summed E-state index contributed by atoms with van der Waals surface area (Å²) in [6, 6.07) is 13.7. The minimum absolute atomic E-state index is 0.0140. The summed E-state index contributed by atoms with van der Waals surface area (Å²) < 4.78 is 33.1. The zero-order chi connectivity index (χ0) is 18.6. The molecule has 0 aliphatic carbocycles. The van der Waals surface area contributed by atoms with Gasteiger partial charge in [0.25, 0.3) is 15.9 Å². The SMILES string of the molecule is Cc1ccc(S(=O)(=O)Nc2nccnc2OCc2ccccc2Cl)cc1. The monoisotopic (exact) mass is 389 g/mol. The van der Waals surface area contributed by atoms with Gasteiger partial charge in [-0.05, 0) is 25.1 Å². The highest BCUT2D eigenvalue weighted by Gasteiger charge is 2.18. The molecule has 134 valence electrons. The summed E-state index contributed by atoms with van der Waals surface area (Å²) in [7, 11) is -3.80. The maximum atomic E-state index is 12.5. The van der Waals surface area contributed by atoms with Crippen molar-refractivity contribution < 1.29 is 13.2 Å². The highest BCUT2D eigenvalue weighted by atomic mass is 35.5. The molecule has 0 amide bonds. The van der Waals surface area contributed by atoms with E-state index in [0.29, 0.717) is 5.02 Å². The fourth-order valence-electron chi connectivity index (χ4n) is 2.17. The maximum Gasteiger partial charge on any atom is 0.263 e. The number of nitrogens with one attached hydrogen (secondary N) is 1. The van der Waals surface area contributed by atoms with Crippen molar-refractivity contribution in [1.82, 2.24) is 9.97 Å². The molecule has 0 atom stereocenters. The number of halogens is 1. The van der Waals surface area contributed by atoms with Gasteiger partial charge in [0, 0.05) is 23.0 Å². The average Bonchev–Trinajstić information content (AvgIpc) is 2.62. The van der Waals surface area contributed by atoms with Crippen LogP contribution in [0.3, 0.4) is 0 Å². The number of aromatic nitrogens is 2. The van der Waals surface area contributed by atoms with Gasteiger partial charge in [0.05, 0.1) is 4.90 Å². The number of hydrogen-bond donors (Lipinski definition) is 1. The Labute approximate surface area is 156 Å². The van der Waals surface area contributed by atoms with Gasteiger partial charge >= 0.3 is 0 Å². The molecular weight excluding hydrogens is 374 g/mol. The average molecular weight is 390 g/mol. The largest absolute Gasteiger partial charge is 0.470 e. The van der Waals surface area contributed by atoms with Crippen LogP contribution in [0.25, 0.3) is 0 Å². The van der Waals surface area contributed by atoms with Crippen LogP contribution in [0, 0.1) is 6.92 Å². The van der Waals surface area contributed by atoms with Crippen molar-refractivity contribution in [2.75, 3.05) is 4.72 Å². The van der Waals surface area contributed by atoms with Crippen molar-refractivity contribution in [3.8, 4) is 5.88 Å². The normalized spacial score (nSPS) is 11.2. The summed E-state index contributed by atoms with van der Waals surface area (Å²) in [6.45, 7) is 2.02. The Morgan fingerprint density at radius 3 is 2.46 bits per heavy atom. The molecule has 3 aromatic rings. The Balaban J connectivity index is 1.81.